The van der Waals surface area contributed by atoms with Crippen LogP contribution in [-0.2, 0) is 59.9 Å². The van der Waals surface area contributed by atoms with Crippen LogP contribution in [0, 0.1) is 7.43 Å². The van der Waals surface area contributed by atoms with Gasteiger partial charge in [-0.05, 0) is 0 Å². The first-order chi connectivity index (χ1) is 0. The standard InChI is InChI=1S/CH3.Ni.2Ti/h1H3;;;/q-1;;;. The van der Waals surface area contributed by atoms with E-state index >= 15 is 0 Å². The third-order valence-corrected chi connectivity index (χ3v) is 0. The van der Waals surface area contributed by atoms with Crippen molar-refractivity contribution in [2.75, 3.05) is 0 Å². The molecule has 3 heteroatoms. The summed E-state index contributed by atoms with van der Waals surface area (Å²) in [5.41, 5.74) is 0. The first kappa shape index (κ1) is 38.8. The average molecular weight is 169 g/mol. The zero-order chi connectivity index (χ0) is 0. The van der Waals surface area contributed by atoms with Crippen LogP contribution in [0.15, 0.2) is 0 Å². The summed E-state index contributed by atoms with van der Waals surface area (Å²) in [6, 6.07) is 0. The molecule has 0 rings (SSSR count). The van der Waals surface area contributed by atoms with Gasteiger partial charge in [-0.1, -0.05) is 0 Å². The normalized spacial score (nSPS) is 0. The summed E-state index contributed by atoms with van der Waals surface area (Å²) >= 11 is 0. The van der Waals surface area contributed by atoms with Gasteiger partial charge in [0.15, 0.2) is 0 Å². The Labute approximate surface area is 66.8 Å². The molecular weight excluding hydrogens is 166 g/mol. The topological polar surface area (TPSA) is 0 Å². The van der Waals surface area contributed by atoms with Crippen LogP contribution in [0.4, 0.5) is 0 Å². The Morgan fingerprint density at radius 1 is 0.750 bits per heavy atom. The van der Waals surface area contributed by atoms with Gasteiger partial charge < -0.3 is 7.43 Å². The van der Waals surface area contributed by atoms with E-state index in [2.05, 4.69) is 0 Å². The molecule has 0 saturated carbocycles. The van der Waals surface area contributed by atoms with E-state index in [0.717, 1.165) is 0 Å². The molecule has 26 valence electrons. The molecule has 0 amide bonds. The Morgan fingerprint density at radius 2 is 0.750 bits per heavy atom. The van der Waals surface area contributed by atoms with Gasteiger partial charge in [0.1, 0.15) is 0 Å². The van der Waals surface area contributed by atoms with Gasteiger partial charge in [-0.25, -0.2) is 0 Å². The molecule has 0 aliphatic rings. The fraction of sp³-hybridized carbons (Fsp3) is 0. The Morgan fingerprint density at radius 3 is 0.750 bits per heavy atom. The molecule has 0 unspecified atom stereocenters. The minimum absolute atomic E-state index is 0. The second-order valence-corrected chi connectivity index (χ2v) is 0. The zero-order valence-electron chi connectivity index (χ0n) is 2.32. The largest absolute Gasteiger partial charge is 0.358 e. The minimum Gasteiger partial charge on any atom is -0.358 e. The van der Waals surface area contributed by atoms with Gasteiger partial charge in [0, 0.05) is 59.9 Å². The van der Waals surface area contributed by atoms with Gasteiger partial charge in [-0.3, -0.25) is 0 Å². The van der Waals surface area contributed by atoms with Crippen LogP contribution in [0.5, 0.6) is 0 Å². The van der Waals surface area contributed by atoms with Crippen molar-refractivity contribution in [2.24, 2.45) is 0 Å². The predicted octanol–water partition coefficient (Wildman–Crippen LogP) is 0.443. The Hall–Kier alpha value is 1.92. The van der Waals surface area contributed by atoms with E-state index in [1.54, 1.807) is 0 Å². The summed E-state index contributed by atoms with van der Waals surface area (Å²) in [4.78, 5) is 0. The van der Waals surface area contributed by atoms with E-state index in [0.29, 0.717) is 0 Å². The molecule has 0 radical (unpaired) electrons. The summed E-state index contributed by atoms with van der Waals surface area (Å²) in [6.45, 7) is 0. The maximum atomic E-state index is 0. The molecule has 0 aromatic heterocycles. The van der Waals surface area contributed by atoms with E-state index in [4.69, 9.17) is 0 Å². The fourth-order valence-corrected chi connectivity index (χ4v) is 0. The number of rotatable bonds is 0. The average Bonchev–Trinajstić information content (AvgIpc) is 0. The summed E-state index contributed by atoms with van der Waals surface area (Å²) < 4.78 is 0. The summed E-state index contributed by atoms with van der Waals surface area (Å²) in [5.74, 6) is 0. The monoisotopic (exact) mass is 169 g/mol. The summed E-state index contributed by atoms with van der Waals surface area (Å²) in [6.07, 6.45) is 0. The molecule has 0 N–H and O–H groups in total. The SMILES string of the molecule is [CH3-].[Ni].[Ti].[Ti]. The number of hydrogen-bond donors (Lipinski definition) is 0. The molecular formula is CH3NiTi2-. The van der Waals surface area contributed by atoms with Crippen molar-refractivity contribution in [1.82, 2.24) is 0 Å². The molecule has 0 fully saturated rings. The smallest absolute Gasteiger partial charge is 0 e. The minimum atomic E-state index is 0. The van der Waals surface area contributed by atoms with Crippen LogP contribution in [0.25, 0.3) is 0 Å². The summed E-state index contributed by atoms with van der Waals surface area (Å²) in [7, 11) is 0. The molecule has 0 bridgehead atoms. The Kier molecular flexibility index (Phi) is 199. The van der Waals surface area contributed by atoms with Crippen LogP contribution in [0.1, 0.15) is 0 Å². The first-order valence-electron chi connectivity index (χ1n) is 0. The van der Waals surface area contributed by atoms with Gasteiger partial charge >= 0.3 is 0 Å². The maximum Gasteiger partial charge on any atom is 0 e. The number of hydrogen-bond acceptors (Lipinski definition) is 0. The maximum absolute atomic E-state index is 0. The molecule has 0 spiro atoms. The van der Waals surface area contributed by atoms with E-state index in [-0.39, 0.29) is 67.4 Å². The molecule has 0 nitrogen and oxygen atoms in total. The molecule has 0 aromatic rings. The van der Waals surface area contributed by atoms with Crippen LogP contribution in [0.2, 0.25) is 0 Å². The fourth-order valence-electron chi connectivity index (χ4n) is 0. The Bertz CT molecular complexity index is 6.00. The van der Waals surface area contributed by atoms with Crippen LogP contribution >= 0.6 is 0 Å². The molecule has 0 aliphatic carbocycles. The van der Waals surface area contributed by atoms with Crippen molar-refractivity contribution < 1.29 is 59.9 Å². The molecule has 0 heterocycles. The van der Waals surface area contributed by atoms with Crippen molar-refractivity contribution >= 4 is 0 Å². The molecule has 4 heavy (non-hydrogen) atoms. The van der Waals surface area contributed by atoms with Crippen molar-refractivity contribution in [3.63, 3.8) is 0 Å². The van der Waals surface area contributed by atoms with Crippen LogP contribution in [-0.4, -0.2) is 0 Å². The van der Waals surface area contributed by atoms with E-state index in [9.17, 15) is 0 Å². The van der Waals surface area contributed by atoms with Gasteiger partial charge in [-0.15, -0.1) is 0 Å². The van der Waals surface area contributed by atoms with E-state index in [1.165, 1.54) is 0 Å². The second kappa shape index (κ2) is 20.5. The van der Waals surface area contributed by atoms with Crippen molar-refractivity contribution in [1.29, 1.82) is 0 Å². The molecule has 0 atom stereocenters. The second-order valence-electron chi connectivity index (χ2n) is 0. The van der Waals surface area contributed by atoms with Crippen molar-refractivity contribution in [2.45, 2.75) is 0 Å². The first-order valence-corrected chi connectivity index (χ1v) is 0. The van der Waals surface area contributed by atoms with Gasteiger partial charge in [-0.2, -0.15) is 0 Å². The van der Waals surface area contributed by atoms with Crippen LogP contribution < -0.4 is 0 Å². The van der Waals surface area contributed by atoms with Crippen LogP contribution in [0.3, 0.4) is 0 Å². The van der Waals surface area contributed by atoms with Crippen molar-refractivity contribution in [3.8, 4) is 0 Å². The summed E-state index contributed by atoms with van der Waals surface area (Å²) in [5, 5.41) is 0. The van der Waals surface area contributed by atoms with E-state index in [1.807, 2.05) is 0 Å². The predicted molar refractivity (Wildman–Crippen MR) is 6.41 cm³/mol. The van der Waals surface area contributed by atoms with E-state index < -0.39 is 0 Å². The van der Waals surface area contributed by atoms with Crippen molar-refractivity contribution in [3.05, 3.63) is 7.43 Å². The zero-order valence-corrected chi connectivity index (χ0v) is 6.43. The third-order valence-electron chi connectivity index (χ3n) is 0. The molecule has 0 aromatic carbocycles. The van der Waals surface area contributed by atoms with Gasteiger partial charge in [0.2, 0.25) is 0 Å². The molecule has 0 aliphatic heterocycles. The Balaban J connectivity index is 0. The third kappa shape index (κ3) is 9.06. The molecule has 0 saturated heterocycles. The van der Waals surface area contributed by atoms with Gasteiger partial charge in [0.05, 0.1) is 0 Å². The van der Waals surface area contributed by atoms with Gasteiger partial charge in [0.25, 0.3) is 0 Å². The quantitative estimate of drug-likeness (QED) is 0.365.